The van der Waals surface area contributed by atoms with E-state index in [2.05, 4.69) is 12.2 Å². The third-order valence-corrected chi connectivity index (χ3v) is 3.76. The summed E-state index contributed by atoms with van der Waals surface area (Å²) in [7, 11) is 0. The number of aliphatic hydroxyl groups is 1. The molecule has 0 radical (unpaired) electrons. The minimum Gasteiger partial charge on any atom is -0.390 e. The molecule has 74 valence electrons. The number of fused-ring (bicyclic) bond motifs is 1. The second-order valence-electron chi connectivity index (χ2n) is 4.63. The SMILES string of the molecule is O[C@@]12CC/C=C\CCC[C@H]1CCC2. The molecule has 0 aromatic carbocycles. The fourth-order valence-electron chi connectivity index (χ4n) is 2.92. The second-order valence-corrected chi connectivity index (χ2v) is 4.63. The average Bonchev–Trinajstić information content (AvgIpc) is 2.47. The van der Waals surface area contributed by atoms with E-state index in [9.17, 15) is 5.11 Å². The van der Waals surface area contributed by atoms with Crippen molar-refractivity contribution in [3.63, 3.8) is 0 Å². The molecule has 1 fully saturated rings. The van der Waals surface area contributed by atoms with E-state index in [1.165, 1.54) is 32.1 Å². The fourth-order valence-corrected chi connectivity index (χ4v) is 2.92. The van der Waals surface area contributed by atoms with Crippen LogP contribution in [0.5, 0.6) is 0 Å². The molecule has 13 heavy (non-hydrogen) atoms. The average molecular weight is 180 g/mol. The lowest BCUT2D eigenvalue weighted by Gasteiger charge is -2.29. The van der Waals surface area contributed by atoms with Crippen molar-refractivity contribution in [2.24, 2.45) is 5.92 Å². The summed E-state index contributed by atoms with van der Waals surface area (Å²) in [6.07, 6.45) is 13.9. The maximum Gasteiger partial charge on any atom is 0.0678 e. The van der Waals surface area contributed by atoms with E-state index < -0.39 is 0 Å². The van der Waals surface area contributed by atoms with E-state index in [-0.39, 0.29) is 5.60 Å². The summed E-state index contributed by atoms with van der Waals surface area (Å²) in [5, 5.41) is 10.4. The zero-order valence-corrected chi connectivity index (χ0v) is 8.34. The van der Waals surface area contributed by atoms with Crippen LogP contribution in [0, 0.1) is 5.92 Å². The van der Waals surface area contributed by atoms with Gasteiger partial charge in [-0.2, -0.15) is 0 Å². The van der Waals surface area contributed by atoms with Gasteiger partial charge in [-0.05, 0) is 50.9 Å². The molecular weight excluding hydrogens is 160 g/mol. The van der Waals surface area contributed by atoms with Crippen LogP contribution in [0.1, 0.15) is 51.4 Å². The molecule has 1 heteroatoms. The molecule has 0 amide bonds. The molecule has 0 spiro atoms. The van der Waals surface area contributed by atoms with Crippen molar-refractivity contribution in [3.8, 4) is 0 Å². The van der Waals surface area contributed by atoms with Crippen molar-refractivity contribution >= 4 is 0 Å². The molecule has 1 N–H and O–H groups in total. The summed E-state index contributed by atoms with van der Waals surface area (Å²) < 4.78 is 0. The molecule has 0 unspecified atom stereocenters. The Morgan fingerprint density at radius 2 is 1.77 bits per heavy atom. The first kappa shape index (κ1) is 9.26. The Bertz CT molecular complexity index is 197. The van der Waals surface area contributed by atoms with Gasteiger partial charge in [-0.15, -0.1) is 0 Å². The Morgan fingerprint density at radius 1 is 1.00 bits per heavy atom. The topological polar surface area (TPSA) is 20.2 Å². The van der Waals surface area contributed by atoms with Crippen LogP contribution < -0.4 is 0 Å². The highest BCUT2D eigenvalue weighted by molar-refractivity contribution is 4.96. The Hall–Kier alpha value is -0.300. The first-order valence-electron chi connectivity index (χ1n) is 5.69. The molecule has 2 rings (SSSR count). The monoisotopic (exact) mass is 180 g/mol. The number of hydrogen-bond donors (Lipinski definition) is 1. The molecule has 0 saturated heterocycles. The maximum atomic E-state index is 10.4. The van der Waals surface area contributed by atoms with E-state index in [4.69, 9.17) is 0 Å². The van der Waals surface area contributed by atoms with Gasteiger partial charge in [0.15, 0.2) is 0 Å². The predicted molar refractivity (Wildman–Crippen MR) is 54.5 cm³/mol. The third kappa shape index (κ3) is 1.96. The zero-order chi connectivity index (χ0) is 9.15. The van der Waals surface area contributed by atoms with Crippen molar-refractivity contribution in [3.05, 3.63) is 12.2 Å². The van der Waals surface area contributed by atoms with E-state index in [0.29, 0.717) is 5.92 Å². The van der Waals surface area contributed by atoms with Gasteiger partial charge in [0.1, 0.15) is 0 Å². The van der Waals surface area contributed by atoms with Crippen molar-refractivity contribution in [2.75, 3.05) is 0 Å². The normalized spacial score (nSPS) is 43.0. The van der Waals surface area contributed by atoms with E-state index >= 15 is 0 Å². The third-order valence-electron chi connectivity index (χ3n) is 3.76. The van der Waals surface area contributed by atoms with E-state index in [0.717, 1.165) is 19.3 Å². The highest BCUT2D eigenvalue weighted by Gasteiger charge is 2.39. The van der Waals surface area contributed by atoms with Crippen LogP contribution in [0.3, 0.4) is 0 Å². The van der Waals surface area contributed by atoms with Gasteiger partial charge in [0.25, 0.3) is 0 Å². The van der Waals surface area contributed by atoms with Crippen LogP contribution in [0.4, 0.5) is 0 Å². The number of allylic oxidation sites excluding steroid dienone is 2. The van der Waals surface area contributed by atoms with Crippen molar-refractivity contribution in [1.82, 2.24) is 0 Å². The molecule has 1 nitrogen and oxygen atoms in total. The summed E-state index contributed by atoms with van der Waals surface area (Å²) in [5.74, 6) is 0.604. The molecule has 2 aliphatic carbocycles. The molecule has 2 atom stereocenters. The summed E-state index contributed by atoms with van der Waals surface area (Å²) in [4.78, 5) is 0. The number of hydrogen-bond acceptors (Lipinski definition) is 1. The van der Waals surface area contributed by atoms with Gasteiger partial charge >= 0.3 is 0 Å². The minimum absolute atomic E-state index is 0.297. The van der Waals surface area contributed by atoms with Gasteiger partial charge in [-0.3, -0.25) is 0 Å². The molecule has 0 aliphatic heterocycles. The van der Waals surface area contributed by atoms with Crippen LogP contribution in [0.15, 0.2) is 12.2 Å². The van der Waals surface area contributed by atoms with Crippen molar-refractivity contribution in [1.29, 1.82) is 0 Å². The van der Waals surface area contributed by atoms with Gasteiger partial charge in [0.05, 0.1) is 5.60 Å². The van der Waals surface area contributed by atoms with Gasteiger partial charge in [0.2, 0.25) is 0 Å². The van der Waals surface area contributed by atoms with Gasteiger partial charge in [-0.25, -0.2) is 0 Å². The lowest BCUT2D eigenvalue weighted by molar-refractivity contribution is -0.00774. The molecular formula is C12H20O. The second kappa shape index (κ2) is 3.83. The van der Waals surface area contributed by atoms with E-state index in [1.54, 1.807) is 0 Å². The van der Waals surface area contributed by atoms with Crippen LogP contribution in [0.25, 0.3) is 0 Å². The maximum absolute atomic E-state index is 10.4. The summed E-state index contributed by atoms with van der Waals surface area (Å²) in [6.45, 7) is 0. The van der Waals surface area contributed by atoms with Gasteiger partial charge < -0.3 is 5.11 Å². The van der Waals surface area contributed by atoms with E-state index in [1.807, 2.05) is 0 Å². The molecule has 1 saturated carbocycles. The summed E-state index contributed by atoms with van der Waals surface area (Å²) >= 11 is 0. The zero-order valence-electron chi connectivity index (χ0n) is 8.34. The molecule has 0 aromatic rings. The van der Waals surface area contributed by atoms with Gasteiger partial charge in [-0.1, -0.05) is 18.6 Å². The fraction of sp³-hybridized carbons (Fsp3) is 0.833. The molecule has 0 bridgehead atoms. The Balaban J connectivity index is 2.05. The van der Waals surface area contributed by atoms with Crippen LogP contribution >= 0.6 is 0 Å². The lowest BCUT2D eigenvalue weighted by atomic mass is 9.84. The summed E-state index contributed by atoms with van der Waals surface area (Å²) in [6, 6.07) is 0. The summed E-state index contributed by atoms with van der Waals surface area (Å²) in [5.41, 5.74) is -0.297. The highest BCUT2D eigenvalue weighted by atomic mass is 16.3. The van der Waals surface area contributed by atoms with Crippen molar-refractivity contribution in [2.45, 2.75) is 57.0 Å². The molecule has 2 aliphatic rings. The van der Waals surface area contributed by atoms with Crippen LogP contribution in [0.2, 0.25) is 0 Å². The Morgan fingerprint density at radius 3 is 2.69 bits per heavy atom. The van der Waals surface area contributed by atoms with Gasteiger partial charge in [0, 0.05) is 0 Å². The largest absolute Gasteiger partial charge is 0.390 e. The number of rotatable bonds is 0. The Kier molecular flexibility index (Phi) is 2.73. The molecule has 0 heterocycles. The highest BCUT2D eigenvalue weighted by Crippen LogP contribution is 2.42. The first-order chi connectivity index (χ1) is 6.31. The van der Waals surface area contributed by atoms with Crippen molar-refractivity contribution < 1.29 is 5.11 Å². The Labute approximate surface area is 80.8 Å². The van der Waals surface area contributed by atoms with Crippen LogP contribution in [-0.4, -0.2) is 10.7 Å². The molecule has 0 aromatic heterocycles. The standard InChI is InChI=1S/C12H20O/c13-12-9-5-3-1-2-4-7-11(12)8-6-10-12/h1,3,11,13H,2,4-10H2/b3-1-/t11-,12+/m0/s1. The smallest absolute Gasteiger partial charge is 0.0678 e. The first-order valence-corrected chi connectivity index (χ1v) is 5.69. The predicted octanol–water partition coefficient (Wildman–Crippen LogP) is 3.04. The minimum atomic E-state index is -0.297. The van der Waals surface area contributed by atoms with Crippen LogP contribution in [-0.2, 0) is 0 Å². The lowest BCUT2D eigenvalue weighted by Crippen LogP contribution is -2.32. The quantitative estimate of drug-likeness (QED) is 0.568.